The number of benzene rings is 3. The number of nitrogens with one attached hydrogen (secondary N) is 2. The van der Waals surface area contributed by atoms with Crippen LogP contribution in [0.2, 0.25) is 5.02 Å². The number of pyridine rings is 2. The van der Waals surface area contributed by atoms with E-state index in [0.717, 1.165) is 11.1 Å². The molecule has 0 bridgehead atoms. The van der Waals surface area contributed by atoms with Crippen LogP contribution in [0, 0.1) is 6.92 Å². The third kappa shape index (κ3) is 9.36. The number of fused-ring (bicyclic) bond motifs is 1. The molecule has 6 heterocycles. The Labute approximate surface area is 392 Å². The first-order chi connectivity index (χ1) is 32.5. The quantitative estimate of drug-likeness (QED) is 0.0922. The average Bonchev–Trinajstić information content (AvgIpc) is 3.74. The van der Waals surface area contributed by atoms with Crippen molar-refractivity contribution in [3.63, 3.8) is 0 Å². The Balaban J connectivity index is 1.19. The first-order valence-corrected chi connectivity index (χ1v) is 22.0. The van der Waals surface area contributed by atoms with Crippen molar-refractivity contribution >= 4 is 35.2 Å². The van der Waals surface area contributed by atoms with Crippen LogP contribution in [0.15, 0.2) is 96.1 Å². The minimum absolute atomic E-state index is 0.0157. The highest BCUT2D eigenvalue weighted by atomic mass is 35.5. The molecule has 68 heavy (non-hydrogen) atoms. The Morgan fingerprint density at radius 2 is 1.72 bits per heavy atom. The molecule has 2 saturated heterocycles. The summed E-state index contributed by atoms with van der Waals surface area (Å²) in [6.45, 7) is 1.59. The van der Waals surface area contributed by atoms with E-state index in [2.05, 4.69) is 20.6 Å². The molecule has 0 radical (unpaired) electrons. The molecule has 3 aromatic carbocycles. The molecule has 3 N–H and O–H groups in total. The van der Waals surface area contributed by atoms with E-state index in [4.69, 9.17) is 35.5 Å². The number of methoxy groups -OCH3 is 2. The first-order valence-electron chi connectivity index (χ1n) is 21.6. The second-order valence-corrected chi connectivity index (χ2v) is 17.4. The fraction of sp³-hybridized carbons (Fsp3) is 0.333. The summed E-state index contributed by atoms with van der Waals surface area (Å²) in [5, 5.41) is 15.3. The molecule has 2 fully saturated rings. The van der Waals surface area contributed by atoms with Gasteiger partial charge in [-0.1, -0.05) is 41.9 Å². The lowest BCUT2D eigenvalue weighted by Crippen LogP contribution is -2.44. The van der Waals surface area contributed by atoms with Crippen molar-refractivity contribution in [1.82, 2.24) is 25.1 Å². The van der Waals surface area contributed by atoms with Crippen molar-refractivity contribution in [3.8, 4) is 28.5 Å². The van der Waals surface area contributed by atoms with Crippen LogP contribution >= 0.6 is 11.6 Å². The molecule has 356 valence electrons. The molecule has 2 aromatic heterocycles. The average molecular weight is 961 g/mol. The number of halogens is 6. The van der Waals surface area contributed by atoms with Crippen LogP contribution in [0.25, 0.3) is 17.1 Å². The second-order valence-electron chi connectivity index (χ2n) is 17.1. The molecule has 9 rings (SSSR count). The van der Waals surface area contributed by atoms with Crippen LogP contribution in [0.5, 0.6) is 17.2 Å². The zero-order valence-electron chi connectivity index (χ0n) is 37.1. The normalized spacial score (nSPS) is 18.3. The van der Waals surface area contributed by atoms with E-state index in [-0.39, 0.29) is 83.0 Å². The fourth-order valence-corrected chi connectivity index (χ4v) is 9.73. The third-order valence-electron chi connectivity index (χ3n) is 12.5. The molecule has 4 aliphatic rings. The Kier molecular flexibility index (Phi) is 12.5. The van der Waals surface area contributed by atoms with Crippen molar-refractivity contribution < 1.29 is 50.8 Å². The largest absolute Gasteiger partial charge is 0.497 e. The van der Waals surface area contributed by atoms with E-state index in [1.54, 1.807) is 60.4 Å². The highest BCUT2D eigenvalue weighted by molar-refractivity contribution is 6.33. The molecule has 4 aliphatic heterocycles. The van der Waals surface area contributed by atoms with E-state index >= 15 is 13.2 Å². The predicted molar refractivity (Wildman–Crippen MR) is 242 cm³/mol. The third-order valence-corrected chi connectivity index (χ3v) is 12.9. The van der Waals surface area contributed by atoms with Gasteiger partial charge in [0.1, 0.15) is 48.0 Å². The number of rotatable bonds is 14. The number of carboxylic acid groups (broad SMARTS) is 1. The topological polar surface area (TPSA) is 146 Å². The second kappa shape index (κ2) is 18.3. The SMILES string of the molecule is COc1ccc(CN(Cc2ccc(OC)cc2)c2cc(C)c(C(F)(F)F)c(-c3cc4c5c(c3Cl)=NCNC=5N(Cc3cccnc3NC(=O)O)C=C(OC[C@@]35CCCN3CC(F)(F)C5)O4)n2)cc1. The van der Waals surface area contributed by atoms with Crippen LogP contribution < -0.4 is 40.3 Å². The number of nitrogens with zero attached hydrogens (tertiary/aromatic N) is 6. The van der Waals surface area contributed by atoms with Gasteiger partial charge in [0, 0.05) is 36.8 Å². The maximum Gasteiger partial charge on any atom is 0.418 e. The van der Waals surface area contributed by atoms with Gasteiger partial charge in [0.15, 0.2) is 0 Å². The molecule has 0 saturated carbocycles. The first kappa shape index (κ1) is 46.3. The van der Waals surface area contributed by atoms with Gasteiger partial charge in [0.05, 0.1) is 65.9 Å². The molecular weight excluding hydrogens is 915 g/mol. The molecule has 20 heteroatoms. The Hall–Kier alpha value is -6.86. The molecular formula is C48H46ClF5N8O6. The minimum atomic E-state index is -4.90. The summed E-state index contributed by atoms with van der Waals surface area (Å²) in [4.78, 5) is 30.6. The summed E-state index contributed by atoms with van der Waals surface area (Å²) in [6.07, 6.45) is -2.64. The maximum absolute atomic E-state index is 15.5. The molecule has 0 aliphatic carbocycles. The number of aryl methyl sites for hydroxylation is 1. The monoisotopic (exact) mass is 960 g/mol. The molecule has 5 aromatic rings. The summed E-state index contributed by atoms with van der Waals surface area (Å²) in [5.74, 6) is -1.25. The molecule has 1 atom stereocenters. The van der Waals surface area contributed by atoms with Gasteiger partial charge in [-0.2, -0.15) is 13.2 Å². The van der Waals surface area contributed by atoms with Crippen molar-refractivity contribution in [3.05, 3.63) is 135 Å². The lowest BCUT2D eigenvalue weighted by molar-refractivity contribution is -0.137. The van der Waals surface area contributed by atoms with Crippen LogP contribution in [-0.2, 0) is 30.5 Å². The Bertz CT molecular complexity index is 2860. The van der Waals surface area contributed by atoms with Gasteiger partial charge in [0.2, 0.25) is 0 Å². The minimum Gasteiger partial charge on any atom is -0.497 e. The van der Waals surface area contributed by atoms with Crippen molar-refractivity contribution in [2.45, 2.75) is 63.5 Å². The Morgan fingerprint density at radius 1 is 1.03 bits per heavy atom. The number of carbonyl (C=O) groups is 1. The highest BCUT2D eigenvalue weighted by Gasteiger charge is 2.57. The van der Waals surface area contributed by atoms with Gasteiger partial charge >= 0.3 is 18.2 Å². The van der Waals surface area contributed by atoms with Gasteiger partial charge in [-0.15, -0.1) is 0 Å². The summed E-state index contributed by atoms with van der Waals surface area (Å²) >= 11 is 7.25. The van der Waals surface area contributed by atoms with E-state index in [0.29, 0.717) is 42.3 Å². The number of alkyl halides is 5. The highest BCUT2D eigenvalue weighted by Crippen LogP contribution is 2.47. The van der Waals surface area contributed by atoms with Crippen LogP contribution in [0.3, 0.4) is 0 Å². The van der Waals surface area contributed by atoms with Gasteiger partial charge in [-0.05, 0) is 85.5 Å². The number of hydrogen-bond acceptors (Lipinski definition) is 12. The van der Waals surface area contributed by atoms with E-state index < -0.39 is 48.0 Å². The van der Waals surface area contributed by atoms with Crippen molar-refractivity contribution in [1.29, 1.82) is 0 Å². The number of aromatic nitrogens is 2. The van der Waals surface area contributed by atoms with Gasteiger partial charge in [0.25, 0.3) is 5.92 Å². The molecule has 0 spiro atoms. The summed E-state index contributed by atoms with van der Waals surface area (Å²) < 4.78 is 99.8. The Morgan fingerprint density at radius 3 is 2.37 bits per heavy atom. The van der Waals surface area contributed by atoms with Crippen LogP contribution in [-0.4, -0.2) is 83.0 Å². The molecule has 0 unspecified atom stereocenters. The summed E-state index contributed by atoms with van der Waals surface area (Å²) in [6, 6.07) is 20.7. The fourth-order valence-electron chi connectivity index (χ4n) is 9.43. The van der Waals surface area contributed by atoms with Crippen molar-refractivity contribution in [2.24, 2.45) is 4.99 Å². The zero-order valence-corrected chi connectivity index (χ0v) is 37.8. The van der Waals surface area contributed by atoms with E-state index in [1.165, 1.54) is 31.5 Å². The van der Waals surface area contributed by atoms with Crippen LogP contribution in [0.1, 0.15) is 47.1 Å². The van der Waals surface area contributed by atoms with Gasteiger partial charge < -0.3 is 39.2 Å². The number of ether oxygens (including phenoxy) is 4. The summed E-state index contributed by atoms with van der Waals surface area (Å²) in [5.41, 5.74) is -0.673. The lowest BCUT2D eigenvalue weighted by atomic mass is 9.94. The van der Waals surface area contributed by atoms with E-state index in [9.17, 15) is 18.7 Å². The van der Waals surface area contributed by atoms with E-state index in [1.807, 2.05) is 29.2 Å². The van der Waals surface area contributed by atoms with Crippen LogP contribution in [0.4, 0.5) is 38.4 Å². The molecule has 1 amide bonds. The number of hydrogen-bond donors (Lipinski definition) is 3. The predicted octanol–water partition coefficient (Wildman–Crippen LogP) is 8.27. The summed E-state index contributed by atoms with van der Waals surface area (Å²) in [7, 11) is 3.11. The number of anilines is 2. The maximum atomic E-state index is 15.5. The smallest absolute Gasteiger partial charge is 0.418 e. The van der Waals surface area contributed by atoms with Gasteiger partial charge in [-0.3, -0.25) is 15.2 Å². The number of amides is 1. The standard InChI is InChI=1S/C48H46ClF5N8O6/c1-28-18-36(60(20-29-7-11-32(65-2)12-8-29)21-30-9-13-33(66-3)14-10-30)58-41(39(28)48(52,53)54)34-19-35-38-42(40(34)49)56-27-57-44(38)61(22-31-6-4-16-55-43(31)59-45(63)64)23-37(68-35)67-26-46-15-5-17-62(46)25-47(50,51)24-46/h4,6-14,16,18-19,23,57H,5,15,17,20-22,24-27H2,1-3H3,(H,55,59)(H,63,64)/t46-/m0/s1. The van der Waals surface area contributed by atoms with Crippen molar-refractivity contribution in [2.75, 3.05) is 50.8 Å². The zero-order chi connectivity index (χ0) is 48.0. The molecule has 14 nitrogen and oxygen atoms in total. The van der Waals surface area contributed by atoms with Gasteiger partial charge in [-0.25, -0.2) is 23.5 Å². The lowest BCUT2D eigenvalue weighted by Gasteiger charge is -2.31.